The molecule has 0 spiro atoms. The molecule has 0 aliphatic heterocycles. The Morgan fingerprint density at radius 3 is 1.27 bits per heavy atom. The van der Waals surface area contributed by atoms with Gasteiger partial charge in [-0.2, -0.15) is 0 Å². The molecule has 0 unspecified atom stereocenters. The summed E-state index contributed by atoms with van der Waals surface area (Å²) in [4.78, 5) is 0. The van der Waals surface area contributed by atoms with Gasteiger partial charge >= 0.3 is 0 Å². The fraction of sp³-hybridized carbons (Fsp3) is 0.0244. The number of aryl methyl sites for hydroxylation is 1. The van der Waals surface area contributed by atoms with Crippen LogP contribution in [0.4, 0.5) is 0 Å². The summed E-state index contributed by atoms with van der Waals surface area (Å²) >= 11 is 0. The van der Waals surface area contributed by atoms with Crippen molar-refractivity contribution in [2.75, 3.05) is 0 Å². The van der Waals surface area contributed by atoms with Crippen LogP contribution in [0, 0.1) is 6.92 Å². The fourth-order valence-electron chi connectivity index (χ4n) is 6.13. The minimum atomic E-state index is 1.17. The lowest BCUT2D eigenvalue weighted by atomic mass is 9.84. The van der Waals surface area contributed by atoms with Gasteiger partial charge in [-0.3, -0.25) is 0 Å². The van der Waals surface area contributed by atoms with E-state index in [9.17, 15) is 0 Å². The van der Waals surface area contributed by atoms with Crippen molar-refractivity contribution >= 4 is 27.6 Å². The molecule has 0 saturated heterocycles. The average molecular weight is 523 g/mol. The molecule has 0 aromatic heterocycles. The van der Waals surface area contributed by atoms with Crippen LogP contribution in [0.1, 0.15) is 11.1 Å². The molecule has 7 rings (SSSR count). The van der Waals surface area contributed by atoms with E-state index >= 15 is 0 Å². The summed E-state index contributed by atoms with van der Waals surface area (Å²) in [5.41, 5.74) is 12.2. The van der Waals surface area contributed by atoms with Crippen molar-refractivity contribution in [3.8, 4) is 44.5 Å². The molecule has 0 radical (unpaired) electrons. The zero-order valence-electron chi connectivity index (χ0n) is 23.1. The number of fused-ring (bicyclic) bond motifs is 2. The van der Waals surface area contributed by atoms with E-state index in [0.717, 1.165) is 0 Å². The van der Waals surface area contributed by atoms with Crippen LogP contribution in [-0.2, 0) is 0 Å². The Kier molecular flexibility index (Phi) is 6.30. The van der Waals surface area contributed by atoms with Crippen LogP contribution in [0.25, 0.3) is 72.1 Å². The van der Waals surface area contributed by atoms with Crippen molar-refractivity contribution < 1.29 is 0 Å². The maximum Gasteiger partial charge on any atom is -0.00259 e. The SMILES string of the molecule is C=Cc1cc(-c2c3ccccc3c(-c3cc(-c4ccccc4)cc(-c4ccccc4)c3)c3ccccc23)ccc1C. The predicted molar refractivity (Wildman–Crippen MR) is 178 cm³/mol. The molecule has 0 amide bonds. The van der Waals surface area contributed by atoms with Gasteiger partial charge in [0, 0.05) is 0 Å². The molecule has 0 aliphatic carbocycles. The number of hydrogen-bond donors (Lipinski definition) is 0. The van der Waals surface area contributed by atoms with Gasteiger partial charge in [0.15, 0.2) is 0 Å². The van der Waals surface area contributed by atoms with Gasteiger partial charge in [-0.25, -0.2) is 0 Å². The van der Waals surface area contributed by atoms with E-state index < -0.39 is 0 Å². The van der Waals surface area contributed by atoms with E-state index in [0.29, 0.717) is 0 Å². The highest BCUT2D eigenvalue weighted by molar-refractivity contribution is 6.21. The molecule has 0 aliphatic rings. The third kappa shape index (κ3) is 4.44. The smallest absolute Gasteiger partial charge is 0.00259 e. The molecule has 0 fully saturated rings. The molecular weight excluding hydrogens is 492 g/mol. The van der Waals surface area contributed by atoms with Crippen LogP contribution in [0.2, 0.25) is 0 Å². The van der Waals surface area contributed by atoms with Crippen LogP contribution in [0.3, 0.4) is 0 Å². The molecule has 0 atom stereocenters. The molecule has 0 bridgehead atoms. The van der Waals surface area contributed by atoms with Gasteiger partial charge in [0.05, 0.1) is 0 Å². The fourth-order valence-corrected chi connectivity index (χ4v) is 6.13. The van der Waals surface area contributed by atoms with E-state index in [2.05, 4.69) is 159 Å². The standard InChI is InChI=1S/C41H30/c1-3-29-24-32(23-22-28(29)2)40-36-18-10-12-20-38(36)41(39-21-13-11-19-37(39)40)35-26-33(30-14-6-4-7-15-30)25-34(27-35)31-16-8-5-9-17-31/h3-27H,1H2,2H3. The van der Waals surface area contributed by atoms with E-state index in [1.807, 2.05) is 6.08 Å². The van der Waals surface area contributed by atoms with E-state index in [4.69, 9.17) is 0 Å². The third-order valence-electron chi connectivity index (χ3n) is 8.16. The minimum absolute atomic E-state index is 1.17. The van der Waals surface area contributed by atoms with Crippen LogP contribution in [0.5, 0.6) is 0 Å². The second kappa shape index (κ2) is 10.4. The first-order valence-electron chi connectivity index (χ1n) is 14.1. The van der Waals surface area contributed by atoms with Crippen LogP contribution >= 0.6 is 0 Å². The van der Waals surface area contributed by atoms with E-state index in [1.165, 1.54) is 77.2 Å². The normalized spacial score (nSPS) is 11.1. The van der Waals surface area contributed by atoms with Gasteiger partial charge in [-0.15, -0.1) is 0 Å². The van der Waals surface area contributed by atoms with Gasteiger partial charge < -0.3 is 0 Å². The van der Waals surface area contributed by atoms with Crippen LogP contribution < -0.4 is 0 Å². The monoisotopic (exact) mass is 522 g/mol. The van der Waals surface area contributed by atoms with Crippen molar-refractivity contribution in [3.63, 3.8) is 0 Å². The lowest BCUT2D eigenvalue weighted by Gasteiger charge is -2.19. The number of rotatable bonds is 5. The Bertz CT molecular complexity index is 1930. The molecule has 0 nitrogen and oxygen atoms in total. The first kappa shape index (κ1) is 24.8. The topological polar surface area (TPSA) is 0 Å². The van der Waals surface area contributed by atoms with E-state index in [1.54, 1.807) is 0 Å². The summed E-state index contributed by atoms with van der Waals surface area (Å²) < 4.78 is 0. The largest absolute Gasteiger partial charge is 0.0985 e. The lowest BCUT2D eigenvalue weighted by molar-refractivity contribution is 1.45. The zero-order valence-corrected chi connectivity index (χ0v) is 23.1. The molecular formula is C41H30. The summed E-state index contributed by atoms with van der Waals surface area (Å²) in [5, 5.41) is 5.02. The average Bonchev–Trinajstić information content (AvgIpc) is 3.04. The Hall–Kier alpha value is -5.20. The van der Waals surface area contributed by atoms with Gasteiger partial charge in [0.2, 0.25) is 0 Å². The summed E-state index contributed by atoms with van der Waals surface area (Å²) in [7, 11) is 0. The maximum atomic E-state index is 4.07. The maximum absolute atomic E-state index is 4.07. The second-order valence-electron chi connectivity index (χ2n) is 10.6. The summed E-state index contributed by atoms with van der Waals surface area (Å²) in [6.07, 6.45) is 1.96. The van der Waals surface area contributed by atoms with Crippen molar-refractivity contribution in [3.05, 3.63) is 163 Å². The quantitative estimate of drug-likeness (QED) is 0.197. The minimum Gasteiger partial charge on any atom is -0.0985 e. The number of benzene rings is 7. The Morgan fingerprint density at radius 2 is 0.805 bits per heavy atom. The highest BCUT2D eigenvalue weighted by Gasteiger charge is 2.18. The molecule has 0 heterocycles. The van der Waals surface area contributed by atoms with Crippen LogP contribution in [-0.4, -0.2) is 0 Å². The van der Waals surface area contributed by atoms with Crippen molar-refractivity contribution in [1.29, 1.82) is 0 Å². The summed E-state index contributed by atoms with van der Waals surface area (Å²) in [6.45, 7) is 6.21. The molecule has 41 heavy (non-hydrogen) atoms. The van der Waals surface area contributed by atoms with Gasteiger partial charge in [-0.1, -0.05) is 134 Å². The van der Waals surface area contributed by atoms with E-state index in [-0.39, 0.29) is 0 Å². The van der Waals surface area contributed by atoms with Crippen molar-refractivity contribution in [2.24, 2.45) is 0 Å². The molecule has 0 heteroatoms. The van der Waals surface area contributed by atoms with Gasteiger partial charge in [0.25, 0.3) is 0 Å². The van der Waals surface area contributed by atoms with Gasteiger partial charge in [0.1, 0.15) is 0 Å². The predicted octanol–water partition coefficient (Wildman–Crippen LogP) is 11.6. The highest BCUT2D eigenvalue weighted by Crippen LogP contribution is 2.45. The summed E-state index contributed by atoms with van der Waals surface area (Å²) in [5.74, 6) is 0. The molecule has 7 aromatic carbocycles. The highest BCUT2D eigenvalue weighted by atomic mass is 14.2. The Balaban J connectivity index is 1.58. The lowest BCUT2D eigenvalue weighted by Crippen LogP contribution is -1.93. The van der Waals surface area contributed by atoms with Gasteiger partial charge in [-0.05, 0) is 108 Å². The van der Waals surface area contributed by atoms with Crippen molar-refractivity contribution in [1.82, 2.24) is 0 Å². The second-order valence-corrected chi connectivity index (χ2v) is 10.6. The first-order valence-corrected chi connectivity index (χ1v) is 14.1. The molecule has 194 valence electrons. The third-order valence-corrected chi connectivity index (χ3v) is 8.16. The summed E-state index contributed by atoms with van der Waals surface area (Å²) in [6, 6.07) is 52.9. The Morgan fingerprint density at radius 1 is 0.390 bits per heavy atom. The molecule has 7 aromatic rings. The zero-order chi connectivity index (χ0) is 27.8. The van der Waals surface area contributed by atoms with Crippen molar-refractivity contribution in [2.45, 2.75) is 6.92 Å². The Labute approximate surface area is 241 Å². The first-order chi connectivity index (χ1) is 20.2. The molecule has 0 N–H and O–H groups in total. The molecule has 0 saturated carbocycles. The number of hydrogen-bond acceptors (Lipinski definition) is 0. The van der Waals surface area contributed by atoms with Crippen LogP contribution in [0.15, 0.2) is 152 Å².